The normalized spacial score (nSPS) is 17.2. The lowest BCUT2D eigenvalue weighted by Crippen LogP contribution is -2.29. The molecule has 0 bridgehead atoms. The second-order valence-corrected chi connectivity index (χ2v) is 11.8. The van der Waals surface area contributed by atoms with Crippen LogP contribution < -0.4 is 19.7 Å². The summed E-state index contributed by atoms with van der Waals surface area (Å²) in [6, 6.07) is 23.4. The first kappa shape index (κ1) is 26.7. The molecule has 2 N–H and O–H groups in total. The summed E-state index contributed by atoms with van der Waals surface area (Å²) < 4.78 is 34.5. The molecule has 5 rings (SSSR count). The van der Waals surface area contributed by atoms with Crippen LogP contribution in [0.3, 0.4) is 0 Å². The number of nitrogens with one attached hydrogen (secondary N) is 2. The van der Waals surface area contributed by atoms with E-state index < -0.39 is 10.0 Å². The van der Waals surface area contributed by atoms with Crippen molar-refractivity contribution < 1.29 is 13.2 Å². The van der Waals surface area contributed by atoms with Crippen LogP contribution in [-0.4, -0.2) is 36.4 Å². The molecule has 39 heavy (non-hydrogen) atoms. The molecule has 1 fully saturated rings. The first-order valence-electron chi connectivity index (χ1n) is 12.5. The molecule has 2 atom stereocenters. The van der Waals surface area contributed by atoms with Crippen LogP contribution in [0.25, 0.3) is 0 Å². The molecule has 0 saturated carbocycles. The van der Waals surface area contributed by atoms with Gasteiger partial charge in [0, 0.05) is 29.8 Å². The van der Waals surface area contributed by atoms with E-state index in [1.807, 2.05) is 47.4 Å². The number of pyridine rings is 1. The van der Waals surface area contributed by atoms with Crippen molar-refractivity contribution in [2.45, 2.75) is 32.5 Å². The van der Waals surface area contributed by atoms with E-state index in [4.69, 9.17) is 17.0 Å². The van der Waals surface area contributed by atoms with Crippen LogP contribution in [0.15, 0.2) is 79.0 Å². The highest BCUT2D eigenvalue weighted by Gasteiger charge is 2.42. The average molecular weight is 562 g/mol. The maximum absolute atomic E-state index is 12.1. The molecule has 2 aromatic carbocycles. The summed E-state index contributed by atoms with van der Waals surface area (Å²) in [4.78, 5) is 6.69. The molecule has 0 amide bonds. The van der Waals surface area contributed by atoms with Gasteiger partial charge in [-0.05, 0) is 73.6 Å². The summed E-state index contributed by atoms with van der Waals surface area (Å²) in [5, 5.41) is 4.01. The Kier molecular flexibility index (Phi) is 7.33. The van der Waals surface area contributed by atoms with E-state index in [9.17, 15) is 8.42 Å². The van der Waals surface area contributed by atoms with Gasteiger partial charge in [-0.1, -0.05) is 36.4 Å². The van der Waals surface area contributed by atoms with Crippen LogP contribution in [-0.2, 0) is 16.6 Å². The molecule has 0 unspecified atom stereocenters. The zero-order chi connectivity index (χ0) is 27.7. The number of aryl methyl sites for hydroxylation is 1. The van der Waals surface area contributed by atoms with Crippen LogP contribution in [0.4, 0.5) is 11.4 Å². The Balaban J connectivity index is 1.64. The molecule has 4 aromatic rings. The van der Waals surface area contributed by atoms with E-state index in [1.54, 1.807) is 18.3 Å². The fourth-order valence-corrected chi connectivity index (χ4v) is 6.12. The largest absolute Gasteiger partial charge is 0.495 e. The Labute approximate surface area is 234 Å². The van der Waals surface area contributed by atoms with Crippen molar-refractivity contribution in [1.29, 1.82) is 0 Å². The molecule has 0 radical (unpaired) electrons. The van der Waals surface area contributed by atoms with Crippen molar-refractivity contribution in [2.24, 2.45) is 0 Å². The van der Waals surface area contributed by atoms with Gasteiger partial charge in [0.15, 0.2) is 5.11 Å². The molecule has 8 nitrogen and oxygen atoms in total. The second-order valence-electron chi connectivity index (χ2n) is 9.65. The predicted molar refractivity (Wildman–Crippen MR) is 159 cm³/mol. The summed E-state index contributed by atoms with van der Waals surface area (Å²) in [7, 11) is -2.03. The van der Waals surface area contributed by atoms with Crippen LogP contribution >= 0.6 is 12.2 Å². The monoisotopic (exact) mass is 561 g/mol. The maximum atomic E-state index is 12.1. The van der Waals surface area contributed by atoms with Gasteiger partial charge in [0.25, 0.3) is 0 Å². The first-order valence-corrected chi connectivity index (χ1v) is 14.8. The minimum Gasteiger partial charge on any atom is -0.495 e. The summed E-state index contributed by atoms with van der Waals surface area (Å²) in [6.07, 6.45) is 2.89. The lowest BCUT2D eigenvalue weighted by molar-refractivity contribution is 0.417. The number of sulfonamides is 1. The fraction of sp³-hybridized carbons (Fsp3) is 0.241. The molecule has 0 aliphatic carbocycles. The Morgan fingerprint density at radius 2 is 1.79 bits per heavy atom. The number of hydrogen-bond donors (Lipinski definition) is 2. The van der Waals surface area contributed by atoms with Crippen LogP contribution in [0.2, 0.25) is 0 Å². The smallest absolute Gasteiger partial charge is 0.229 e. The third-order valence-electron chi connectivity index (χ3n) is 6.97. The Morgan fingerprint density at radius 3 is 2.46 bits per heavy atom. The van der Waals surface area contributed by atoms with E-state index in [2.05, 4.69) is 51.6 Å². The number of ether oxygens (including phenoxy) is 1. The molecule has 3 heterocycles. The minimum absolute atomic E-state index is 0.224. The van der Waals surface area contributed by atoms with Gasteiger partial charge in [-0.15, -0.1) is 0 Å². The predicted octanol–water partition coefficient (Wildman–Crippen LogP) is 5.11. The molecule has 1 aliphatic rings. The Bertz CT molecular complexity index is 1600. The molecule has 1 saturated heterocycles. The number of hydrogen-bond acceptors (Lipinski definition) is 5. The van der Waals surface area contributed by atoms with Gasteiger partial charge in [0.05, 0.1) is 36.8 Å². The lowest BCUT2D eigenvalue weighted by atomic mass is 9.96. The quantitative estimate of drug-likeness (QED) is 0.289. The molecular formula is C29H31N5O3S2. The number of nitrogens with zero attached hydrogens (tertiary/aromatic N) is 3. The van der Waals surface area contributed by atoms with Gasteiger partial charge in [-0.25, -0.2) is 8.42 Å². The van der Waals surface area contributed by atoms with Gasteiger partial charge in [-0.3, -0.25) is 9.71 Å². The van der Waals surface area contributed by atoms with E-state index in [0.29, 0.717) is 16.5 Å². The van der Waals surface area contributed by atoms with Crippen molar-refractivity contribution in [2.75, 3.05) is 23.0 Å². The SMILES string of the molecule is COc1ccc(N2C(=S)N[C@@H](c3ccccn3)[C@@H]2c2cc(C)n(Cc3ccccc3)c2C)cc1NS(C)(=O)=O. The van der Waals surface area contributed by atoms with Crippen LogP contribution in [0.1, 0.15) is 40.3 Å². The fourth-order valence-electron chi connectivity index (χ4n) is 5.21. The number of rotatable bonds is 8. The number of benzene rings is 2. The average Bonchev–Trinajstić information content (AvgIpc) is 3.39. The van der Waals surface area contributed by atoms with Crippen LogP contribution in [0.5, 0.6) is 5.75 Å². The maximum Gasteiger partial charge on any atom is 0.229 e. The molecular weight excluding hydrogens is 530 g/mol. The molecule has 0 spiro atoms. The Morgan fingerprint density at radius 1 is 1.05 bits per heavy atom. The molecule has 1 aliphatic heterocycles. The summed E-state index contributed by atoms with van der Waals surface area (Å²) in [5.74, 6) is 0.418. The van der Waals surface area contributed by atoms with Crippen molar-refractivity contribution in [3.63, 3.8) is 0 Å². The first-order chi connectivity index (χ1) is 18.7. The number of methoxy groups -OCH3 is 1. The van der Waals surface area contributed by atoms with Crippen molar-refractivity contribution in [3.05, 3.63) is 107 Å². The van der Waals surface area contributed by atoms with E-state index in [-0.39, 0.29) is 12.1 Å². The zero-order valence-corrected chi connectivity index (χ0v) is 23.9. The molecule has 10 heteroatoms. The highest BCUT2D eigenvalue weighted by molar-refractivity contribution is 7.92. The lowest BCUT2D eigenvalue weighted by Gasteiger charge is -2.29. The summed E-state index contributed by atoms with van der Waals surface area (Å²) in [5.41, 5.74) is 6.53. The van der Waals surface area contributed by atoms with Gasteiger partial charge in [0.2, 0.25) is 10.0 Å². The number of thiocarbonyl (C=S) groups is 1. The highest BCUT2D eigenvalue weighted by atomic mass is 32.2. The second kappa shape index (κ2) is 10.7. The van der Waals surface area contributed by atoms with E-state index in [1.165, 1.54) is 12.7 Å². The van der Waals surface area contributed by atoms with Crippen molar-refractivity contribution in [1.82, 2.24) is 14.9 Å². The van der Waals surface area contributed by atoms with E-state index >= 15 is 0 Å². The van der Waals surface area contributed by atoms with Gasteiger partial charge < -0.3 is 19.5 Å². The zero-order valence-electron chi connectivity index (χ0n) is 22.3. The summed E-state index contributed by atoms with van der Waals surface area (Å²) in [6.45, 7) is 5.00. The number of anilines is 2. The minimum atomic E-state index is -3.53. The van der Waals surface area contributed by atoms with E-state index in [0.717, 1.165) is 41.1 Å². The third kappa shape index (κ3) is 5.48. The highest BCUT2D eigenvalue weighted by Crippen LogP contribution is 2.44. The number of aromatic nitrogens is 2. The van der Waals surface area contributed by atoms with Gasteiger partial charge in [-0.2, -0.15) is 0 Å². The van der Waals surface area contributed by atoms with Gasteiger partial charge in [0.1, 0.15) is 5.75 Å². The standard InChI is InChI=1S/C29H31N5O3S2/c1-19-16-23(20(2)33(19)18-21-10-6-5-7-11-21)28-27(24-12-8-9-15-30-24)31-29(38)34(28)22-13-14-26(37-3)25(17-22)32-39(4,35)36/h5-17,27-28,32H,18H2,1-4H3,(H,31,38)/t27-,28-/m0/s1. The summed E-state index contributed by atoms with van der Waals surface area (Å²) >= 11 is 5.89. The molecule has 202 valence electrons. The van der Waals surface area contributed by atoms with Crippen molar-refractivity contribution >= 4 is 38.7 Å². The molecule has 2 aromatic heterocycles. The topological polar surface area (TPSA) is 88.5 Å². The van der Waals surface area contributed by atoms with Gasteiger partial charge >= 0.3 is 0 Å². The third-order valence-corrected chi connectivity index (χ3v) is 7.87. The Hall–Kier alpha value is -3.89. The van der Waals surface area contributed by atoms with Crippen LogP contribution in [0, 0.1) is 13.8 Å². The van der Waals surface area contributed by atoms with Crippen molar-refractivity contribution in [3.8, 4) is 5.75 Å².